The zero-order valence-corrected chi connectivity index (χ0v) is 15.5. The molecule has 1 rings (SSSR count). The van der Waals surface area contributed by atoms with E-state index in [1.54, 1.807) is 0 Å². The fraction of sp³-hybridized carbons (Fsp3) is 0.867. The fourth-order valence-corrected chi connectivity index (χ4v) is 3.60. The number of carbonyl (C=O) groups excluding carboxylic acids is 2. The molecule has 0 heterocycles. The van der Waals surface area contributed by atoms with E-state index in [2.05, 4.69) is 5.32 Å². The first-order chi connectivity index (χ1) is 10.6. The first kappa shape index (κ1) is 20.1. The molecule has 1 amide bonds. The number of ketones is 1. The van der Waals surface area contributed by atoms with Crippen LogP contribution in [0.5, 0.6) is 0 Å². The molecule has 134 valence electrons. The Morgan fingerprint density at radius 2 is 1.61 bits per heavy atom. The maximum atomic E-state index is 12.2. The van der Waals surface area contributed by atoms with Crippen molar-refractivity contribution in [3.63, 3.8) is 0 Å². The van der Waals surface area contributed by atoms with Crippen LogP contribution in [0.4, 0.5) is 4.79 Å². The zero-order valence-electron chi connectivity index (χ0n) is 14.6. The fourth-order valence-electron chi connectivity index (χ4n) is 2.56. The van der Waals surface area contributed by atoms with Gasteiger partial charge >= 0.3 is 13.7 Å². The Morgan fingerprint density at radius 3 is 2.04 bits per heavy atom. The smallest absolute Gasteiger partial charge is 0.407 e. The number of alkyl carbamates (subject to hydrolysis) is 1. The van der Waals surface area contributed by atoms with Crippen LogP contribution in [0.3, 0.4) is 0 Å². The monoisotopic (exact) mass is 349 g/mol. The number of hydrogen-bond donors (Lipinski definition) is 1. The van der Waals surface area contributed by atoms with E-state index in [0.29, 0.717) is 25.7 Å². The van der Waals surface area contributed by atoms with E-state index in [9.17, 15) is 14.2 Å². The second-order valence-electron chi connectivity index (χ2n) is 6.80. The van der Waals surface area contributed by atoms with Gasteiger partial charge < -0.3 is 19.1 Å². The molecule has 0 unspecified atom stereocenters. The van der Waals surface area contributed by atoms with Crippen molar-refractivity contribution in [1.82, 2.24) is 5.32 Å². The Kier molecular flexibility index (Phi) is 7.24. The van der Waals surface area contributed by atoms with E-state index in [0.717, 1.165) is 0 Å². The van der Waals surface area contributed by atoms with Crippen molar-refractivity contribution in [2.75, 3.05) is 20.4 Å². The molecule has 0 aromatic rings. The molecular formula is C15H28NO6P. The Balaban J connectivity index is 2.42. The van der Waals surface area contributed by atoms with E-state index in [-0.39, 0.29) is 23.9 Å². The summed E-state index contributed by atoms with van der Waals surface area (Å²) in [5.41, 5.74) is -0.529. The third kappa shape index (κ3) is 7.02. The molecule has 1 aliphatic carbocycles. The topological polar surface area (TPSA) is 90.9 Å². The number of ether oxygens (including phenoxy) is 1. The predicted octanol–water partition coefficient (Wildman–Crippen LogP) is 3.12. The summed E-state index contributed by atoms with van der Waals surface area (Å²) in [5, 5.41) is 2.83. The van der Waals surface area contributed by atoms with Crippen molar-refractivity contribution in [2.45, 2.75) is 58.1 Å². The minimum Gasteiger partial charge on any atom is -0.444 e. The highest BCUT2D eigenvalue weighted by Gasteiger charge is 2.33. The first-order valence-electron chi connectivity index (χ1n) is 7.81. The second kappa shape index (κ2) is 8.27. The van der Waals surface area contributed by atoms with E-state index >= 15 is 0 Å². The summed E-state index contributed by atoms with van der Waals surface area (Å²) >= 11 is 0. The average molecular weight is 349 g/mol. The third-order valence-electron chi connectivity index (χ3n) is 3.81. The largest absolute Gasteiger partial charge is 0.444 e. The van der Waals surface area contributed by atoms with Crippen LogP contribution in [0, 0.1) is 5.92 Å². The van der Waals surface area contributed by atoms with Gasteiger partial charge in [-0.15, -0.1) is 0 Å². The van der Waals surface area contributed by atoms with Crippen LogP contribution in [0.25, 0.3) is 0 Å². The van der Waals surface area contributed by atoms with E-state index < -0.39 is 19.3 Å². The van der Waals surface area contributed by atoms with Gasteiger partial charge in [0.1, 0.15) is 17.5 Å². The molecule has 0 aromatic heterocycles. The van der Waals surface area contributed by atoms with Crippen LogP contribution in [-0.4, -0.2) is 43.9 Å². The highest BCUT2D eigenvalue weighted by atomic mass is 31.2. The van der Waals surface area contributed by atoms with Gasteiger partial charge in [-0.2, -0.15) is 0 Å². The van der Waals surface area contributed by atoms with Gasteiger partial charge in [0, 0.05) is 26.2 Å². The quantitative estimate of drug-likeness (QED) is 0.741. The van der Waals surface area contributed by atoms with Crippen LogP contribution in [0.1, 0.15) is 46.5 Å². The lowest BCUT2D eigenvalue weighted by Crippen LogP contribution is -2.41. The third-order valence-corrected chi connectivity index (χ3v) is 5.62. The SMILES string of the molecule is COP(=O)(CC(=O)C1CCC(NC(=O)OC(C)(C)C)CC1)OC. The van der Waals surface area contributed by atoms with E-state index in [4.69, 9.17) is 13.8 Å². The summed E-state index contributed by atoms with van der Waals surface area (Å²) < 4.78 is 26.8. The van der Waals surface area contributed by atoms with Crippen molar-refractivity contribution in [1.29, 1.82) is 0 Å². The first-order valence-corrected chi connectivity index (χ1v) is 9.54. The summed E-state index contributed by atoms with van der Waals surface area (Å²) in [6, 6.07) is 0.00514. The second-order valence-corrected chi connectivity index (χ2v) is 9.06. The zero-order chi connectivity index (χ0) is 17.7. The van der Waals surface area contributed by atoms with Crippen molar-refractivity contribution in [2.24, 2.45) is 5.92 Å². The lowest BCUT2D eigenvalue weighted by molar-refractivity contribution is -0.121. The maximum Gasteiger partial charge on any atom is 0.407 e. The number of hydrogen-bond acceptors (Lipinski definition) is 6. The Hall–Kier alpha value is -0.910. The van der Waals surface area contributed by atoms with Gasteiger partial charge in [-0.1, -0.05) is 0 Å². The maximum absolute atomic E-state index is 12.2. The Morgan fingerprint density at radius 1 is 1.09 bits per heavy atom. The van der Waals surface area contributed by atoms with Crippen molar-refractivity contribution in [3.8, 4) is 0 Å². The van der Waals surface area contributed by atoms with Crippen LogP contribution in [0.15, 0.2) is 0 Å². The number of Topliss-reactive ketones (excluding diaryl/α,β-unsaturated/α-hetero) is 1. The van der Waals surface area contributed by atoms with Crippen LogP contribution in [0.2, 0.25) is 0 Å². The van der Waals surface area contributed by atoms with E-state index in [1.165, 1.54) is 14.2 Å². The van der Waals surface area contributed by atoms with Crippen LogP contribution < -0.4 is 5.32 Å². The van der Waals surface area contributed by atoms with Gasteiger partial charge in [0.25, 0.3) is 0 Å². The van der Waals surface area contributed by atoms with Crippen molar-refractivity contribution in [3.05, 3.63) is 0 Å². The molecule has 23 heavy (non-hydrogen) atoms. The molecule has 1 fully saturated rings. The predicted molar refractivity (Wildman–Crippen MR) is 86.6 cm³/mol. The van der Waals surface area contributed by atoms with Crippen molar-refractivity contribution >= 4 is 19.5 Å². The van der Waals surface area contributed by atoms with Crippen LogP contribution >= 0.6 is 7.60 Å². The molecule has 1 saturated carbocycles. The van der Waals surface area contributed by atoms with Gasteiger partial charge in [0.2, 0.25) is 0 Å². The minimum atomic E-state index is -3.30. The summed E-state index contributed by atoms with van der Waals surface area (Å²) in [5.74, 6) is -0.266. The van der Waals surface area contributed by atoms with Gasteiger partial charge in [-0.3, -0.25) is 9.36 Å². The van der Waals surface area contributed by atoms with Gasteiger partial charge in [-0.25, -0.2) is 4.79 Å². The summed E-state index contributed by atoms with van der Waals surface area (Å²) in [6.07, 6.45) is 2.05. The lowest BCUT2D eigenvalue weighted by Gasteiger charge is -2.29. The molecule has 1 N–H and O–H groups in total. The molecule has 0 radical (unpaired) electrons. The highest BCUT2D eigenvalue weighted by Crippen LogP contribution is 2.47. The normalized spacial score (nSPS) is 22.5. The Bertz CT molecular complexity index is 457. The minimum absolute atomic E-state index is 0.00514. The Labute approximate surface area is 138 Å². The van der Waals surface area contributed by atoms with Crippen LogP contribution in [-0.2, 0) is 23.1 Å². The lowest BCUT2D eigenvalue weighted by atomic mass is 9.84. The molecule has 0 saturated heterocycles. The highest BCUT2D eigenvalue weighted by molar-refractivity contribution is 7.54. The van der Waals surface area contributed by atoms with Gasteiger partial charge in [0.05, 0.1) is 0 Å². The summed E-state index contributed by atoms with van der Waals surface area (Å²) in [6.45, 7) is 5.43. The molecule has 0 atom stereocenters. The van der Waals surface area contributed by atoms with E-state index in [1.807, 2.05) is 20.8 Å². The molecule has 0 aromatic carbocycles. The average Bonchev–Trinajstić information content (AvgIpc) is 2.45. The van der Waals surface area contributed by atoms with Gasteiger partial charge in [0.15, 0.2) is 0 Å². The number of carbonyl (C=O) groups is 2. The standard InChI is InChI=1S/C15H28NO6P/c1-15(2,3)22-14(18)16-12-8-6-11(7-9-12)13(17)10-23(19,20-4)21-5/h11-12H,6-10H2,1-5H3,(H,16,18). The molecule has 0 bridgehead atoms. The number of nitrogens with one attached hydrogen (secondary N) is 1. The molecule has 0 spiro atoms. The molecule has 1 aliphatic rings. The summed E-state index contributed by atoms with van der Waals surface area (Å²) in [7, 11) is -0.751. The van der Waals surface area contributed by atoms with Crippen molar-refractivity contribution < 1.29 is 27.9 Å². The molecule has 7 nitrogen and oxygen atoms in total. The number of amides is 1. The number of rotatable bonds is 6. The molecule has 8 heteroatoms. The summed E-state index contributed by atoms with van der Waals surface area (Å²) in [4.78, 5) is 23.9. The molecule has 0 aliphatic heterocycles. The van der Waals surface area contributed by atoms with Gasteiger partial charge in [-0.05, 0) is 46.5 Å². The molecular weight excluding hydrogens is 321 g/mol.